The van der Waals surface area contributed by atoms with Gasteiger partial charge in [0, 0.05) is 31.7 Å². The number of likely N-dealkylation sites (tertiary alicyclic amines) is 1. The summed E-state index contributed by atoms with van der Waals surface area (Å²) in [5.74, 6) is 1.81. The number of nitrogens with zero attached hydrogens (tertiary/aromatic N) is 3. The molecule has 2 aromatic rings. The first-order valence-electron chi connectivity index (χ1n) is 11.9. The van der Waals surface area contributed by atoms with Crippen molar-refractivity contribution < 1.29 is 19.4 Å². The van der Waals surface area contributed by atoms with Crippen molar-refractivity contribution in [2.75, 3.05) is 39.2 Å². The molecule has 2 N–H and O–H groups in total. The van der Waals surface area contributed by atoms with E-state index in [4.69, 9.17) is 14.6 Å². The molecule has 0 unspecified atom stereocenters. The Morgan fingerprint density at radius 1 is 1.24 bits per heavy atom. The predicted molar refractivity (Wildman–Crippen MR) is 127 cm³/mol. The number of anilines is 1. The molecular formula is C25H36N4O4. The van der Waals surface area contributed by atoms with E-state index < -0.39 is 0 Å². The highest BCUT2D eigenvalue weighted by Crippen LogP contribution is 2.44. The largest absolute Gasteiger partial charge is 0.497 e. The number of amides is 1. The minimum absolute atomic E-state index is 0.0926. The van der Waals surface area contributed by atoms with Crippen LogP contribution in [0, 0.1) is 5.41 Å². The third kappa shape index (κ3) is 5.61. The molecule has 4 rings (SSSR count). The van der Waals surface area contributed by atoms with E-state index in [1.165, 1.54) is 0 Å². The molecular weight excluding hydrogens is 420 g/mol. The summed E-state index contributed by atoms with van der Waals surface area (Å²) >= 11 is 0. The van der Waals surface area contributed by atoms with Gasteiger partial charge in [0.1, 0.15) is 11.5 Å². The fourth-order valence-electron chi connectivity index (χ4n) is 5.31. The minimum atomic E-state index is 0.0926. The molecule has 180 valence electrons. The monoisotopic (exact) mass is 456 g/mol. The van der Waals surface area contributed by atoms with Crippen molar-refractivity contribution in [1.29, 1.82) is 0 Å². The third-order valence-corrected chi connectivity index (χ3v) is 7.27. The molecule has 2 heterocycles. The van der Waals surface area contributed by atoms with E-state index in [-0.39, 0.29) is 17.9 Å². The summed E-state index contributed by atoms with van der Waals surface area (Å²) in [6.07, 6.45) is 10.5. The number of rotatable bonds is 9. The number of aryl methyl sites for hydroxylation is 1. The van der Waals surface area contributed by atoms with Crippen molar-refractivity contribution in [1.82, 2.24) is 14.7 Å². The molecule has 1 amide bonds. The fourth-order valence-corrected chi connectivity index (χ4v) is 5.31. The number of nitrogens with one attached hydrogen (secondary N) is 1. The number of methoxy groups -OCH3 is 2. The lowest BCUT2D eigenvalue weighted by Gasteiger charge is -2.37. The number of ether oxygens (including phenoxy) is 2. The standard InChI is InChI=1S/C25H36N4O4/c1-32-22-4-5-23(33-2)19(15-22)3-6-24(31)28-12-11-25(18-28)9-7-20(8-10-25)27-21-16-26-29(17-21)13-14-30/h4-5,15-17,20,27,30H,3,6-14,18H2,1-2H3/t20-,25-. The molecule has 1 spiro atoms. The quantitative estimate of drug-likeness (QED) is 0.603. The van der Waals surface area contributed by atoms with Crippen LogP contribution < -0.4 is 14.8 Å². The van der Waals surface area contributed by atoms with E-state index in [1.54, 1.807) is 18.9 Å². The average molecular weight is 457 g/mol. The summed E-state index contributed by atoms with van der Waals surface area (Å²) in [5.41, 5.74) is 2.29. The Labute approximate surface area is 195 Å². The van der Waals surface area contributed by atoms with Crippen LogP contribution in [0.1, 0.15) is 44.1 Å². The molecule has 0 atom stereocenters. The van der Waals surface area contributed by atoms with Gasteiger partial charge in [0.25, 0.3) is 0 Å². The second-order valence-corrected chi connectivity index (χ2v) is 9.38. The first-order chi connectivity index (χ1) is 16.0. The molecule has 8 heteroatoms. The van der Waals surface area contributed by atoms with Gasteiger partial charge in [-0.15, -0.1) is 0 Å². The molecule has 2 aliphatic rings. The van der Waals surface area contributed by atoms with E-state index in [2.05, 4.69) is 15.3 Å². The Morgan fingerprint density at radius 3 is 2.79 bits per heavy atom. The maximum Gasteiger partial charge on any atom is 0.222 e. The lowest BCUT2D eigenvalue weighted by Crippen LogP contribution is -2.37. The SMILES string of the molecule is COc1ccc(OC)c(CCC(=O)N2CC[C@]3(CC[C@@H](Nc4cnn(CCO)c4)CC3)C2)c1. The smallest absolute Gasteiger partial charge is 0.222 e. The number of aliphatic hydroxyl groups is 1. The van der Waals surface area contributed by atoms with Gasteiger partial charge in [-0.2, -0.15) is 5.10 Å². The average Bonchev–Trinajstić information content (AvgIpc) is 3.46. The van der Waals surface area contributed by atoms with Crippen LogP contribution >= 0.6 is 0 Å². The van der Waals surface area contributed by atoms with Crippen LogP contribution in [0.3, 0.4) is 0 Å². The topological polar surface area (TPSA) is 88.9 Å². The summed E-state index contributed by atoms with van der Waals surface area (Å²) in [5, 5.41) is 16.9. The van der Waals surface area contributed by atoms with E-state index in [0.29, 0.717) is 25.4 Å². The Morgan fingerprint density at radius 2 is 2.06 bits per heavy atom. The van der Waals surface area contributed by atoms with Crippen LogP contribution in [-0.4, -0.2) is 65.7 Å². The van der Waals surface area contributed by atoms with Crippen molar-refractivity contribution in [3.8, 4) is 11.5 Å². The van der Waals surface area contributed by atoms with Gasteiger partial charge < -0.3 is 24.8 Å². The maximum absolute atomic E-state index is 13.0. The maximum atomic E-state index is 13.0. The van der Waals surface area contributed by atoms with Gasteiger partial charge in [0.05, 0.1) is 39.3 Å². The molecule has 1 aromatic carbocycles. The fraction of sp³-hybridized carbons (Fsp3) is 0.600. The summed E-state index contributed by atoms with van der Waals surface area (Å²) in [6, 6.07) is 6.17. The van der Waals surface area contributed by atoms with Gasteiger partial charge in [-0.3, -0.25) is 9.48 Å². The van der Waals surface area contributed by atoms with Gasteiger partial charge >= 0.3 is 0 Å². The highest BCUT2D eigenvalue weighted by molar-refractivity contribution is 5.77. The van der Waals surface area contributed by atoms with Crippen molar-refractivity contribution in [2.45, 2.75) is 57.5 Å². The number of aromatic nitrogens is 2. The Balaban J connectivity index is 1.25. The highest BCUT2D eigenvalue weighted by atomic mass is 16.5. The van der Waals surface area contributed by atoms with Crippen LogP contribution in [0.4, 0.5) is 5.69 Å². The van der Waals surface area contributed by atoms with Crippen molar-refractivity contribution in [3.63, 3.8) is 0 Å². The third-order valence-electron chi connectivity index (χ3n) is 7.27. The van der Waals surface area contributed by atoms with Crippen molar-refractivity contribution in [3.05, 3.63) is 36.2 Å². The molecule has 1 saturated carbocycles. The molecule has 33 heavy (non-hydrogen) atoms. The summed E-state index contributed by atoms with van der Waals surface area (Å²) in [4.78, 5) is 15.0. The number of carbonyl (C=O) groups excluding carboxylic acids is 1. The lowest BCUT2D eigenvalue weighted by atomic mass is 9.72. The predicted octanol–water partition coefficient (Wildman–Crippen LogP) is 3.10. The zero-order valence-corrected chi connectivity index (χ0v) is 19.8. The number of benzene rings is 1. The molecule has 1 saturated heterocycles. The molecule has 8 nitrogen and oxygen atoms in total. The van der Waals surface area contributed by atoms with E-state index in [0.717, 1.165) is 67.9 Å². The van der Waals surface area contributed by atoms with Crippen LogP contribution in [0.2, 0.25) is 0 Å². The molecule has 0 bridgehead atoms. The minimum Gasteiger partial charge on any atom is -0.497 e. The van der Waals surface area contributed by atoms with E-state index in [1.807, 2.05) is 30.6 Å². The molecule has 2 fully saturated rings. The number of hydrogen-bond acceptors (Lipinski definition) is 6. The number of hydrogen-bond donors (Lipinski definition) is 2. The second kappa shape index (κ2) is 10.5. The Bertz CT molecular complexity index is 936. The van der Waals surface area contributed by atoms with Crippen LogP contribution in [-0.2, 0) is 17.8 Å². The number of aliphatic hydroxyl groups excluding tert-OH is 1. The molecule has 1 aliphatic heterocycles. The van der Waals surface area contributed by atoms with Crippen molar-refractivity contribution in [2.24, 2.45) is 5.41 Å². The zero-order chi connectivity index (χ0) is 23.3. The highest BCUT2D eigenvalue weighted by Gasteiger charge is 2.42. The second-order valence-electron chi connectivity index (χ2n) is 9.38. The normalized spacial score (nSPS) is 22.5. The van der Waals surface area contributed by atoms with Crippen LogP contribution in [0.5, 0.6) is 11.5 Å². The van der Waals surface area contributed by atoms with Gasteiger partial charge in [0.15, 0.2) is 0 Å². The first-order valence-corrected chi connectivity index (χ1v) is 11.9. The summed E-state index contributed by atoms with van der Waals surface area (Å²) in [6.45, 7) is 2.35. The Kier molecular flexibility index (Phi) is 7.42. The summed E-state index contributed by atoms with van der Waals surface area (Å²) < 4.78 is 12.5. The molecule has 1 aromatic heterocycles. The van der Waals surface area contributed by atoms with Gasteiger partial charge in [0.2, 0.25) is 5.91 Å². The zero-order valence-electron chi connectivity index (χ0n) is 19.8. The van der Waals surface area contributed by atoms with E-state index >= 15 is 0 Å². The van der Waals surface area contributed by atoms with Crippen LogP contribution in [0.25, 0.3) is 0 Å². The van der Waals surface area contributed by atoms with Crippen molar-refractivity contribution >= 4 is 11.6 Å². The van der Waals surface area contributed by atoms with Crippen LogP contribution in [0.15, 0.2) is 30.6 Å². The number of carbonyl (C=O) groups is 1. The molecule has 1 aliphatic carbocycles. The molecule has 0 radical (unpaired) electrons. The Hall–Kier alpha value is -2.74. The first kappa shape index (κ1) is 23.4. The van der Waals surface area contributed by atoms with Gasteiger partial charge in [-0.25, -0.2) is 0 Å². The van der Waals surface area contributed by atoms with E-state index in [9.17, 15) is 4.79 Å². The van der Waals surface area contributed by atoms with Gasteiger partial charge in [-0.05, 0) is 67.7 Å². The van der Waals surface area contributed by atoms with Gasteiger partial charge in [-0.1, -0.05) is 0 Å². The summed E-state index contributed by atoms with van der Waals surface area (Å²) in [7, 11) is 3.30. The lowest BCUT2D eigenvalue weighted by molar-refractivity contribution is -0.130.